The van der Waals surface area contributed by atoms with E-state index in [-0.39, 0.29) is 6.10 Å². The molecule has 0 aliphatic carbocycles. The second-order valence-corrected chi connectivity index (χ2v) is 3.29. The lowest BCUT2D eigenvalue weighted by Crippen LogP contribution is -2.15. The van der Waals surface area contributed by atoms with Crippen LogP contribution in [0.25, 0.3) is 0 Å². The Hall–Kier alpha value is -1.26. The molecule has 0 bridgehead atoms. The molecule has 0 fully saturated rings. The molecule has 1 aliphatic rings. The summed E-state index contributed by atoms with van der Waals surface area (Å²) in [6.07, 6.45) is -0.0653. The lowest BCUT2D eigenvalue weighted by atomic mass is 10.1. The Morgan fingerprint density at radius 3 is 2.93 bits per heavy atom. The van der Waals surface area contributed by atoms with Gasteiger partial charge in [0.2, 0.25) is 6.79 Å². The fourth-order valence-corrected chi connectivity index (χ4v) is 1.61. The molecule has 0 radical (unpaired) electrons. The Bertz CT molecular complexity index is 341. The van der Waals surface area contributed by atoms with Crippen LogP contribution in [-0.4, -0.2) is 19.9 Å². The zero-order valence-corrected chi connectivity index (χ0v) is 8.73. The number of ether oxygens (including phenoxy) is 3. The first-order valence-corrected chi connectivity index (χ1v) is 5.06. The number of nitrogens with two attached hydrogens (primary N) is 1. The molecule has 0 unspecified atom stereocenters. The van der Waals surface area contributed by atoms with Gasteiger partial charge in [0.1, 0.15) is 0 Å². The third-order valence-electron chi connectivity index (χ3n) is 2.35. The third kappa shape index (κ3) is 2.06. The summed E-state index contributed by atoms with van der Waals surface area (Å²) in [6, 6.07) is 5.77. The summed E-state index contributed by atoms with van der Waals surface area (Å²) in [5, 5.41) is 0. The van der Waals surface area contributed by atoms with E-state index in [0.29, 0.717) is 19.9 Å². The van der Waals surface area contributed by atoms with Crippen LogP contribution in [0.4, 0.5) is 0 Å². The van der Waals surface area contributed by atoms with Gasteiger partial charge in [0, 0.05) is 13.2 Å². The van der Waals surface area contributed by atoms with Gasteiger partial charge in [0.05, 0.1) is 6.10 Å². The molecule has 1 aliphatic heterocycles. The zero-order chi connectivity index (χ0) is 10.7. The summed E-state index contributed by atoms with van der Waals surface area (Å²) >= 11 is 0. The van der Waals surface area contributed by atoms with Gasteiger partial charge in [-0.2, -0.15) is 0 Å². The monoisotopic (exact) mass is 209 g/mol. The molecule has 1 heterocycles. The first-order valence-electron chi connectivity index (χ1n) is 5.06. The predicted octanol–water partition coefficient (Wildman–Crippen LogP) is 1.45. The van der Waals surface area contributed by atoms with Crippen LogP contribution in [0.5, 0.6) is 11.5 Å². The average molecular weight is 209 g/mol. The Balaban J connectivity index is 2.20. The van der Waals surface area contributed by atoms with Gasteiger partial charge in [0.25, 0.3) is 0 Å². The summed E-state index contributed by atoms with van der Waals surface area (Å²) in [6.45, 7) is 3.36. The lowest BCUT2D eigenvalue weighted by molar-refractivity contribution is 0.0687. The number of fused-ring (bicyclic) bond motifs is 1. The Kier molecular flexibility index (Phi) is 3.08. The van der Waals surface area contributed by atoms with Gasteiger partial charge in [0.15, 0.2) is 11.5 Å². The van der Waals surface area contributed by atoms with Crippen LogP contribution in [0, 0.1) is 0 Å². The standard InChI is InChI=1S/C11H15NO3/c1-2-13-11(6-12)8-3-4-9-10(5-8)15-7-14-9/h3-5,11H,2,6-7,12H2,1H3/t11-/m0/s1. The van der Waals surface area contributed by atoms with Gasteiger partial charge in [-0.15, -0.1) is 0 Å². The van der Waals surface area contributed by atoms with E-state index in [2.05, 4.69) is 0 Å². The molecule has 1 aromatic rings. The van der Waals surface area contributed by atoms with Crippen LogP contribution < -0.4 is 15.2 Å². The molecule has 2 rings (SSSR count). The molecule has 0 saturated heterocycles. The molecule has 4 nitrogen and oxygen atoms in total. The minimum absolute atomic E-state index is 0.0653. The number of hydrogen-bond donors (Lipinski definition) is 1. The molecule has 1 aromatic carbocycles. The van der Waals surface area contributed by atoms with Crippen molar-refractivity contribution in [2.45, 2.75) is 13.0 Å². The van der Waals surface area contributed by atoms with Gasteiger partial charge in [-0.25, -0.2) is 0 Å². The highest BCUT2D eigenvalue weighted by Crippen LogP contribution is 2.34. The zero-order valence-electron chi connectivity index (χ0n) is 8.73. The summed E-state index contributed by atoms with van der Waals surface area (Å²) in [5.41, 5.74) is 6.67. The molecule has 0 saturated carbocycles. The number of benzene rings is 1. The van der Waals surface area contributed by atoms with Crippen molar-refractivity contribution in [1.29, 1.82) is 0 Å². The summed E-state index contributed by atoms with van der Waals surface area (Å²) in [5.74, 6) is 1.55. The van der Waals surface area contributed by atoms with E-state index in [9.17, 15) is 0 Å². The van der Waals surface area contributed by atoms with Crippen molar-refractivity contribution in [3.05, 3.63) is 23.8 Å². The highest BCUT2D eigenvalue weighted by atomic mass is 16.7. The third-order valence-corrected chi connectivity index (χ3v) is 2.35. The number of rotatable bonds is 4. The van der Waals surface area contributed by atoms with Crippen molar-refractivity contribution in [2.24, 2.45) is 5.73 Å². The van der Waals surface area contributed by atoms with E-state index in [1.807, 2.05) is 25.1 Å². The van der Waals surface area contributed by atoms with E-state index in [4.69, 9.17) is 19.9 Å². The van der Waals surface area contributed by atoms with Crippen LogP contribution in [0.2, 0.25) is 0 Å². The molecular formula is C11H15NO3. The van der Waals surface area contributed by atoms with Gasteiger partial charge in [-0.1, -0.05) is 6.07 Å². The van der Waals surface area contributed by atoms with Gasteiger partial charge >= 0.3 is 0 Å². The summed E-state index contributed by atoms with van der Waals surface area (Å²) in [4.78, 5) is 0. The van der Waals surface area contributed by atoms with Crippen LogP contribution in [0.1, 0.15) is 18.6 Å². The summed E-state index contributed by atoms with van der Waals surface area (Å²) < 4.78 is 16.0. The Morgan fingerprint density at radius 2 is 2.20 bits per heavy atom. The maximum atomic E-state index is 5.64. The van der Waals surface area contributed by atoms with Crippen molar-refractivity contribution in [2.75, 3.05) is 19.9 Å². The SMILES string of the molecule is CCO[C@@H](CN)c1ccc2c(c1)OCO2. The van der Waals surface area contributed by atoms with E-state index >= 15 is 0 Å². The predicted molar refractivity (Wildman–Crippen MR) is 56.0 cm³/mol. The fourth-order valence-electron chi connectivity index (χ4n) is 1.61. The largest absolute Gasteiger partial charge is 0.454 e. The van der Waals surface area contributed by atoms with Crippen molar-refractivity contribution in [3.63, 3.8) is 0 Å². The minimum atomic E-state index is -0.0653. The van der Waals surface area contributed by atoms with Crippen LogP contribution in [0.15, 0.2) is 18.2 Å². The maximum absolute atomic E-state index is 5.64. The summed E-state index contributed by atoms with van der Waals surface area (Å²) in [7, 11) is 0. The molecule has 4 heteroatoms. The molecule has 0 amide bonds. The first kappa shape index (κ1) is 10.3. The van der Waals surface area contributed by atoms with Crippen LogP contribution in [0.3, 0.4) is 0 Å². The number of hydrogen-bond acceptors (Lipinski definition) is 4. The normalized spacial score (nSPS) is 15.3. The average Bonchev–Trinajstić information content (AvgIpc) is 2.72. The molecule has 15 heavy (non-hydrogen) atoms. The van der Waals surface area contributed by atoms with Crippen molar-refractivity contribution >= 4 is 0 Å². The van der Waals surface area contributed by atoms with E-state index in [1.165, 1.54) is 0 Å². The molecule has 82 valence electrons. The van der Waals surface area contributed by atoms with Crippen molar-refractivity contribution < 1.29 is 14.2 Å². The van der Waals surface area contributed by atoms with Crippen LogP contribution >= 0.6 is 0 Å². The highest BCUT2D eigenvalue weighted by Gasteiger charge is 2.17. The molecule has 2 N–H and O–H groups in total. The molecule has 0 aromatic heterocycles. The molecular weight excluding hydrogens is 194 g/mol. The van der Waals surface area contributed by atoms with E-state index < -0.39 is 0 Å². The quantitative estimate of drug-likeness (QED) is 0.815. The second kappa shape index (κ2) is 4.51. The smallest absolute Gasteiger partial charge is 0.231 e. The Morgan fingerprint density at radius 1 is 1.40 bits per heavy atom. The van der Waals surface area contributed by atoms with E-state index in [1.54, 1.807) is 0 Å². The first-order chi connectivity index (χ1) is 7.35. The molecule has 1 atom stereocenters. The van der Waals surface area contributed by atoms with Gasteiger partial charge in [-0.3, -0.25) is 0 Å². The fraction of sp³-hybridized carbons (Fsp3) is 0.455. The Labute approximate surface area is 88.9 Å². The lowest BCUT2D eigenvalue weighted by Gasteiger charge is -2.15. The van der Waals surface area contributed by atoms with Crippen molar-refractivity contribution in [1.82, 2.24) is 0 Å². The second-order valence-electron chi connectivity index (χ2n) is 3.29. The highest BCUT2D eigenvalue weighted by molar-refractivity contribution is 5.45. The van der Waals surface area contributed by atoms with E-state index in [0.717, 1.165) is 17.1 Å². The van der Waals surface area contributed by atoms with Gasteiger partial charge < -0.3 is 19.9 Å². The molecule has 0 spiro atoms. The topological polar surface area (TPSA) is 53.7 Å². The minimum Gasteiger partial charge on any atom is -0.454 e. The van der Waals surface area contributed by atoms with Crippen molar-refractivity contribution in [3.8, 4) is 11.5 Å². The van der Waals surface area contributed by atoms with Crippen LogP contribution in [-0.2, 0) is 4.74 Å². The maximum Gasteiger partial charge on any atom is 0.231 e. The van der Waals surface area contributed by atoms with Gasteiger partial charge in [-0.05, 0) is 24.6 Å².